The summed E-state index contributed by atoms with van der Waals surface area (Å²) in [4.78, 5) is 26.4. The fourth-order valence-electron chi connectivity index (χ4n) is 1.72. The molecule has 0 aliphatic carbocycles. The molecule has 21 heavy (non-hydrogen) atoms. The summed E-state index contributed by atoms with van der Waals surface area (Å²) < 4.78 is 0. The van der Waals surface area contributed by atoms with E-state index in [9.17, 15) is 9.59 Å². The third-order valence-corrected chi connectivity index (χ3v) is 3.04. The van der Waals surface area contributed by atoms with E-state index >= 15 is 0 Å². The minimum atomic E-state index is -1.08. The van der Waals surface area contributed by atoms with E-state index in [1.165, 1.54) is 12.3 Å². The number of carboxylic acids is 1. The van der Waals surface area contributed by atoms with Crippen LogP contribution in [-0.4, -0.2) is 22.0 Å². The van der Waals surface area contributed by atoms with Crippen LogP contribution in [0.2, 0.25) is 0 Å². The van der Waals surface area contributed by atoms with Crippen LogP contribution in [0.25, 0.3) is 0 Å². The van der Waals surface area contributed by atoms with Crippen molar-refractivity contribution >= 4 is 17.6 Å². The lowest BCUT2D eigenvalue weighted by Gasteiger charge is -2.07. The highest BCUT2D eigenvalue weighted by atomic mass is 16.4. The van der Waals surface area contributed by atoms with Crippen molar-refractivity contribution in [2.75, 3.05) is 5.73 Å². The molecule has 0 fully saturated rings. The molecule has 4 N–H and O–H groups in total. The van der Waals surface area contributed by atoms with Crippen molar-refractivity contribution in [3.05, 3.63) is 58.9 Å². The van der Waals surface area contributed by atoms with Gasteiger partial charge in [0.25, 0.3) is 5.91 Å². The molecule has 1 aromatic heterocycles. The second-order valence-electron chi connectivity index (χ2n) is 4.61. The monoisotopic (exact) mass is 285 g/mol. The van der Waals surface area contributed by atoms with Crippen LogP contribution >= 0.6 is 0 Å². The Bertz CT molecular complexity index is 681. The number of aryl methyl sites for hydroxylation is 1. The first-order valence-corrected chi connectivity index (χ1v) is 6.30. The second kappa shape index (κ2) is 6.04. The minimum absolute atomic E-state index is 0.0311. The van der Waals surface area contributed by atoms with E-state index in [-0.39, 0.29) is 18.1 Å². The van der Waals surface area contributed by atoms with Crippen LogP contribution in [0, 0.1) is 6.92 Å². The van der Waals surface area contributed by atoms with Crippen LogP contribution in [-0.2, 0) is 6.54 Å². The van der Waals surface area contributed by atoms with Gasteiger partial charge >= 0.3 is 5.97 Å². The molecule has 0 atom stereocenters. The summed E-state index contributed by atoms with van der Waals surface area (Å²) in [6.45, 7) is 2.13. The Kier molecular flexibility index (Phi) is 4.18. The number of hydrogen-bond donors (Lipinski definition) is 3. The van der Waals surface area contributed by atoms with Crippen molar-refractivity contribution in [2.24, 2.45) is 0 Å². The van der Waals surface area contributed by atoms with Gasteiger partial charge in [0.2, 0.25) is 0 Å². The number of nitrogens with zero attached hydrogens (tertiary/aromatic N) is 1. The van der Waals surface area contributed by atoms with Crippen LogP contribution in [0.15, 0.2) is 36.5 Å². The van der Waals surface area contributed by atoms with Crippen LogP contribution < -0.4 is 11.1 Å². The lowest BCUT2D eigenvalue weighted by Crippen LogP contribution is -2.23. The summed E-state index contributed by atoms with van der Waals surface area (Å²) in [6.07, 6.45) is 1.42. The molecule has 0 saturated heterocycles. The zero-order valence-electron chi connectivity index (χ0n) is 11.5. The second-order valence-corrected chi connectivity index (χ2v) is 4.61. The van der Waals surface area contributed by atoms with Gasteiger partial charge in [-0.25, -0.2) is 9.78 Å². The molecule has 1 heterocycles. The Morgan fingerprint density at radius 2 is 2.05 bits per heavy atom. The highest BCUT2D eigenvalue weighted by molar-refractivity contribution is 5.95. The van der Waals surface area contributed by atoms with Gasteiger partial charge in [0.05, 0.1) is 0 Å². The van der Waals surface area contributed by atoms with E-state index in [0.29, 0.717) is 16.8 Å². The quantitative estimate of drug-likeness (QED) is 0.740. The highest BCUT2D eigenvalue weighted by Crippen LogP contribution is 2.13. The van der Waals surface area contributed by atoms with Crippen molar-refractivity contribution in [3.8, 4) is 0 Å². The highest BCUT2D eigenvalue weighted by Gasteiger charge is 2.08. The molecular weight excluding hydrogens is 270 g/mol. The number of pyridine rings is 1. The molecule has 0 radical (unpaired) electrons. The Labute approximate surface area is 121 Å². The standard InChI is InChI=1S/C15H15N3O3/c1-9-2-4-11(6-12(9)16)14(19)18-8-10-3-5-13(15(20)21)17-7-10/h2-7H,8,16H2,1H3,(H,18,19)(H,20,21). The molecule has 108 valence electrons. The van der Waals surface area contributed by atoms with Gasteiger partial charge in [-0.15, -0.1) is 0 Å². The number of rotatable bonds is 4. The van der Waals surface area contributed by atoms with Crippen LogP contribution in [0.5, 0.6) is 0 Å². The maximum atomic E-state index is 12.0. The van der Waals surface area contributed by atoms with E-state index in [1.807, 2.05) is 6.92 Å². The molecule has 2 rings (SSSR count). The molecule has 0 aliphatic heterocycles. The van der Waals surface area contributed by atoms with Crippen molar-refractivity contribution < 1.29 is 14.7 Å². The zero-order chi connectivity index (χ0) is 15.4. The lowest BCUT2D eigenvalue weighted by atomic mass is 10.1. The number of nitrogen functional groups attached to an aromatic ring is 1. The zero-order valence-corrected chi connectivity index (χ0v) is 11.5. The van der Waals surface area contributed by atoms with Crippen LogP contribution in [0.4, 0.5) is 5.69 Å². The van der Waals surface area contributed by atoms with E-state index < -0.39 is 5.97 Å². The number of carbonyl (C=O) groups is 2. The van der Waals surface area contributed by atoms with E-state index in [2.05, 4.69) is 10.3 Å². The maximum Gasteiger partial charge on any atom is 0.354 e. The van der Waals surface area contributed by atoms with Crippen LogP contribution in [0.3, 0.4) is 0 Å². The number of anilines is 1. The topological polar surface area (TPSA) is 105 Å². The number of hydrogen-bond acceptors (Lipinski definition) is 4. The molecule has 1 aromatic carbocycles. The molecule has 0 unspecified atom stereocenters. The van der Waals surface area contributed by atoms with Gasteiger partial charge in [-0.2, -0.15) is 0 Å². The van der Waals surface area contributed by atoms with Crippen molar-refractivity contribution in [1.82, 2.24) is 10.3 Å². The minimum Gasteiger partial charge on any atom is -0.477 e. The van der Waals surface area contributed by atoms with Gasteiger partial charge in [0.1, 0.15) is 5.69 Å². The van der Waals surface area contributed by atoms with Crippen LogP contribution in [0.1, 0.15) is 32.0 Å². The van der Waals surface area contributed by atoms with Gasteiger partial charge < -0.3 is 16.2 Å². The SMILES string of the molecule is Cc1ccc(C(=O)NCc2ccc(C(=O)O)nc2)cc1N. The maximum absolute atomic E-state index is 12.0. The normalized spacial score (nSPS) is 10.1. The number of aromatic carboxylic acids is 1. The smallest absolute Gasteiger partial charge is 0.354 e. The number of benzene rings is 1. The summed E-state index contributed by atoms with van der Waals surface area (Å²) >= 11 is 0. The van der Waals surface area contributed by atoms with Gasteiger partial charge in [-0.05, 0) is 36.2 Å². The molecule has 0 saturated carbocycles. The van der Waals surface area contributed by atoms with Crippen molar-refractivity contribution in [1.29, 1.82) is 0 Å². The third kappa shape index (κ3) is 3.56. The average Bonchev–Trinajstić information content (AvgIpc) is 2.48. The summed E-state index contributed by atoms with van der Waals surface area (Å²) in [5.74, 6) is -1.33. The fourth-order valence-corrected chi connectivity index (χ4v) is 1.72. The number of nitrogens with one attached hydrogen (secondary N) is 1. The summed E-state index contributed by atoms with van der Waals surface area (Å²) in [5, 5.41) is 11.5. The van der Waals surface area contributed by atoms with Crippen molar-refractivity contribution in [3.63, 3.8) is 0 Å². The molecular formula is C15H15N3O3. The van der Waals surface area contributed by atoms with Gasteiger partial charge in [-0.1, -0.05) is 12.1 Å². The summed E-state index contributed by atoms with van der Waals surface area (Å²) in [6, 6.07) is 8.12. The predicted octanol–water partition coefficient (Wildman–Crippen LogP) is 1.60. The Morgan fingerprint density at radius 1 is 1.29 bits per heavy atom. The third-order valence-electron chi connectivity index (χ3n) is 3.04. The van der Waals surface area contributed by atoms with Gasteiger partial charge in [-0.3, -0.25) is 4.79 Å². The first-order valence-electron chi connectivity index (χ1n) is 6.30. The van der Waals surface area contributed by atoms with E-state index in [1.54, 1.807) is 24.3 Å². The number of nitrogens with two attached hydrogens (primary N) is 1. The molecule has 6 nitrogen and oxygen atoms in total. The average molecular weight is 285 g/mol. The molecule has 6 heteroatoms. The predicted molar refractivity (Wildman–Crippen MR) is 78.0 cm³/mol. The molecule has 0 aliphatic rings. The fraction of sp³-hybridized carbons (Fsp3) is 0.133. The molecule has 1 amide bonds. The van der Waals surface area contributed by atoms with Gasteiger partial charge in [0, 0.05) is 24.0 Å². The number of carboxylic acid groups (broad SMARTS) is 1. The van der Waals surface area contributed by atoms with E-state index in [4.69, 9.17) is 10.8 Å². The number of amides is 1. The Balaban J connectivity index is 2.00. The molecule has 0 spiro atoms. The summed E-state index contributed by atoms with van der Waals surface area (Å²) in [5.41, 5.74) is 8.41. The number of aromatic nitrogens is 1. The molecule has 0 bridgehead atoms. The van der Waals surface area contributed by atoms with Gasteiger partial charge in [0.15, 0.2) is 0 Å². The Morgan fingerprint density at radius 3 is 2.62 bits per heavy atom. The largest absolute Gasteiger partial charge is 0.477 e. The van der Waals surface area contributed by atoms with Crippen molar-refractivity contribution in [2.45, 2.75) is 13.5 Å². The lowest BCUT2D eigenvalue weighted by molar-refractivity contribution is 0.0690. The first-order chi connectivity index (χ1) is 9.97. The number of carbonyl (C=O) groups excluding carboxylic acids is 1. The first kappa shape index (κ1) is 14.5. The van der Waals surface area contributed by atoms with E-state index in [0.717, 1.165) is 5.56 Å². The summed E-state index contributed by atoms with van der Waals surface area (Å²) in [7, 11) is 0. The molecule has 2 aromatic rings. The Hall–Kier alpha value is -2.89.